The number of ether oxygens (including phenoxy) is 1. The van der Waals surface area contributed by atoms with E-state index in [0.29, 0.717) is 0 Å². The van der Waals surface area contributed by atoms with Gasteiger partial charge in [-0.2, -0.15) is 0 Å². The number of hydrogen-bond acceptors (Lipinski definition) is 7. The van der Waals surface area contributed by atoms with E-state index in [2.05, 4.69) is 40.1 Å². The molecule has 35 heavy (non-hydrogen) atoms. The van der Waals surface area contributed by atoms with Crippen LogP contribution in [0.5, 0.6) is 0 Å². The van der Waals surface area contributed by atoms with Crippen molar-refractivity contribution < 1.29 is 4.74 Å². The summed E-state index contributed by atoms with van der Waals surface area (Å²) < 4.78 is 6.82. The number of piperidine rings is 1. The second-order valence-electron chi connectivity index (χ2n) is 10.1. The summed E-state index contributed by atoms with van der Waals surface area (Å²) in [6.07, 6.45) is 8.82. The Kier molecular flexibility index (Phi) is 5.55. The standard InChI is InChI=1S/C28H31N5OS/c1-2-5-19(6-3-1)17-20-9-11-32(12-10-20)27-25-24(29-18-30-27)23-21-7-4-8-22(21)26(31-28(23)35-25)33-13-15-34-16-14-33/h1-3,5-6,18,20H,4,7-17H2. The van der Waals surface area contributed by atoms with Crippen molar-refractivity contribution in [2.45, 2.75) is 38.5 Å². The molecule has 0 amide bonds. The summed E-state index contributed by atoms with van der Waals surface area (Å²) in [6.45, 7) is 5.55. The molecular weight excluding hydrogens is 454 g/mol. The lowest BCUT2D eigenvalue weighted by molar-refractivity contribution is 0.122. The molecule has 5 heterocycles. The van der Waals surface area contributed by atoms with Gasteiger partial charge in [-0.1, -0.05) is 30.3 Å². The number of morpholine rings is 1. The van der Waals surface area contributed by atoms with Crippen molar-refractivity contribution >= 4 is 43.4 Å². The fourth-order valence-electron chi connectivity index (χ4n) is 6.22. The molecule has 7 rings (SSSR count). The molecule has 0 spiro atoms. The predicted molar refractivity (Wildman–Crippen MR) is 143 cm³/mol. The maximum atomic E-state index is 5.61. The van der Waals surface area contributed by atoms with Crippen molar-refractivity contribution in [3.63, 3.8) is 0 Å². The summed E-state index contributed by atoms with van der Waals surface area (Å²) in [5.41, 5.74) is 5.49. The maximum absolute atomic E-state index is 5.61. The van der Waals surface area contributed by atoms with Crippen LogP contribution in [0, 0.1) is 5.92 Å². The highest BCUT2D eigenvalue weighted by Gasteiger charge is 2.29. The number of anilines is 2. The molecule has 4 aromatic rings. The minimum absolute atomic E-state index is 0.745. The van der Waals surface area contributed by atoms with Crippen LogP contribution in [-0.2, 0) is 24.0 Å². The van der Waals surface area contributed by atoms with Crippen LogP contribution in [0.15, 0.2) is 36.7 Å². The molecule has 0 atom stereocenters. The van der Waals surface area contributed by atoms with Crippen LogP contribution in [0.2, 0.25) is 0 Å². The van der Waals surface area contributed by atoms with Crippen LogP contribution < -0.4 is 9.80 Å². The van der Waals surface area contributed by atoms with Crippen LogP contribution >= 0.6 is 11.3 Å². The number of nitrogens with zero attached hydrogens (tertiary/aromatic N) is 5. The lowest BCUT2D eigenvalue weighted by Crippen LogP contribution is -2.37. The molecule has 0 radical (unpaired) electrons. The first-order chi connectivity index (χ1) is 17.3. The molecule has 2 fully saturated rings. The van der Waals surface area contributed by atoms with Crippen molar-refractivity contribution in [3.8, 4) is 0 Å². The van der Waals surface area contributed by atoms with E-state index >= 15 is 0 Å². The molecular formula is C28H31N5OS. The van der Waals surface area contributed by atoms with E-state index < -0.39 is 0 Å². The Bertz CT molecular complexity index is 1360. The highest BCUT2D eigenvalue weighted by atomic mass is 32.1. The maximum Gasteiger partial charge on any atom is 0.150 e. The largest absolute Gasteiger partial charge is 0.378 e. The summed E-state index contributed by atoms with van der Waals surface area (Å²) in [6, 6.07) is 10.9. The normalized spacial score (nSPS) is 19.1. The average Bonchev–Trinajstić information content (AvgIpc) is 3.54. The average molecular weight is 486 g/mol. The predicted octanol–water partition coefficient (Wildman–Crippen LogP) is 5.02. The topological polar surface area (TPSA) is 54.4 Å². The van der Waals surface area contributed by atoms with Gasteiger partial charge in [-0.15, -0.1) is 11.3 Å². The fourth-order valence-corrected chi connectivity index (χ4v) is 7.40. The fraction of sp³-hybridized carbons (Fsp3) is 0.464. The molecule has 0 saturated carbocycles. The number of aryl methyl sites for hydroxylation is 1. The SMILES string of the molecule is c1ccc(CC2CCN(c3ncnc4c3sc3nc(N5CCOCC5)c5c(c34)CCC5)CC2)cc1. The Hall–Kier alpha value is -2.77. The molecule has 1 aromatic carbocycles. The van der Waals surface area contributed by atoms with Gasteiger partial charge in [-0.3, -0.25) is 0 Å². The van der Waals surface area contributed by atoms with Crippen LogP contribution in [0.25, 0.3) is 20.4 Å². The van der Waals surface area contributed by atoms with E-state index in [4.69, 9.17) is 19.7 Å². The van der Waals surface area contributed by atoms with Gasteiger partial charge in [0.25, 0.3) is 0 Å². The second-order valence-corrected chi connectivity index (χ2v) is 11.1. The molecule has 3 aliphatic rings. The zero-order valence-corrected chi connectivity index (χ0v) is 20.9. The zero-order valence-electron chi connectivity index (χ0n) is 20.1. The van der Waals surface area contributed by atoms with Crippen LogP contribution in [0.1, 0.15) is 36.0 Å². The van der Waals surface area contributed by atoms with E-state index in [1.807, 2.05) is 0 Å². The minimum atomic E-state index is 0.745. The lowest BCUT2D eigenvalue weighted by atomic mass is 9.90. The highest BCUT2D eigenvalue weighted by molar-refractivity contribution is 7.26. The number of benzene rings is 1. The van der Waals surface area contributed by atoms with Crippen LogP contribution in [0.3, 0.4) is 0 Å². The number of hydrogen-bond donors (Lipinski definition) is 0. The molecule has 7 heteroatoms. The molecule has 2 aliphatic heterocycles. The van der Waals surface area contributed by atoms with Gasteiger partial charge < -0.3 is 14.5 Å². The quantitative estimate of drug-likeness (QED) is 0.404. The van der Waals surface area contributed by atoms with Crippen molar-refractivity contribution in [2.24, 2.45) is 5.92 Å². The molecule has 0 bridgehead atoms. The van der Waals surface area contributed by atoms with Crippen molar-refractivity contribution in [3.05, 3.63) is 53.3 Å². The third-order valence-electron chi connectivity index (χ3n) is 8.02. The van der Waals surface area contributed by atoms with Crippen molar-refractivity contribution in [2.75, 3.05) is 49.2 Å². The number of aromatic nitrogens is 3. The highest BCUT2D eigenvalue weighted by Crippen LogP contribution is 2.44. The van der Waals surface area contributed by atoms with Gasteiger partial charge in [0.15, 0.2) is 0 Å². The molecule has 180 valence electrons. The molecule has 0 unspecified atom stereocenters. The zero-order chi connectivity index (χ0) is 23.2. The lowest BCUT2D eigenvalue weighted by Gasteiger charge is -2.33. The summed E-state index contributed by atoms with van der Waals surface area (Å²) in [5, 5.41) is 1.29. The van der Waals surface area contributed by atoms with E-state index in [1.54, 1.807) is 17.7 Å². The van der Waals surface area contributed by atoms with E-state index in [9.17, 15) is 0 Å². The van der Waals surface area contributed by atoms with Gasteiger partial charge in [0.2, 0.25) is 0 Å². The Labute approximate surface area is 210 Å². The summed E-state index contributed by atoms with van der Waals surface area (Å²) in [5.74, 6) is 3.04. The molecule has 3 aromatic heterocycles. The first kappa shape index (κ1) is 21.5. The third-order valence-corrected chi connectivity index (χ3v) is 9.09. The Morgan fingerprint density at radius 3 is 2.49 bits per heavy atom. The first-order valence-electron chi connectivity index (χ1n) is 13.1. The number of fused-ring (bicyclic) bond motifs is 5. The Morgan fingerprint density at radius 2 is 1.66 bits per heavy atom. The van der Waals surface area contributed by atoms with E-state index in [1.165, 1.54) is 58.3 Å². The minimum Gasteiger partial charge on any atom is -0.378 e. The van der Waals surface area contributed by atoms with Crippen LogP contribution in [0.4, 0.5) is 11.6 Å². The summed E-state index contributed by atoms with van der Waals surface area (Å²) >= 11 is 1.79. The van der Waals surface area contributed by atoms with E-state index in [-0.39, 0.29) is 0 Å². The number of pyridine rings is 1. The molecule has 1 aliphatic carbocycles. The molecule has 6 nitrogen and oxygen atoms in total. The molecule has 0 N–H and O–H groups in total. The number of rotatable bonds is 4. The third kappa shape index (κ3) is 3.85. The second kappa shape index (κ2) is 9.03. The number of thiophene rings is 1. The van der Waals surface area contributed by atoms with Gasteiger partial charge in [-0.25, -0.2) is 15.0 Å². The van der Waals surface area contributed by atoms with Gasteiger partial charge in [-0.05, 0) is 61.1 Å². The monoisotopic (exact) mass is 485 g/mol. The Balaban J connectivity index is 1.22. The van der Waals surface area contributed by atoms with Crippen molar-refractivity contribution in [1.82, 2.24) is 15.0 Å². The van der Waals surface area contributed by atoms with Gasteiger partial charge >= 0.3 is 0 Å². The summed E-state index contributed by atoms with van der Waals surface area (Å²) in [7, 11) is 0. The van der Waals surface area contributed by atoms with Crippen molar-refractivity contribution in [1.29, 1.82) is 0 Å². The summed E-state index contributed by atoms with van der Waals surface area (Å²) in [4.78, 5) is 20.9. The van der Waals surface area contributed by atoms with Gasteiger partial charge in [0.05, 0.1) is 23.4 Å². The van der Waals surface area contributed by atoms with Gasteiger partial charge in [0.1, 0.15) is 22.8 Å². The van der Waals surface area contributed by atoms with E-state index in [0.717, 1.165) is 74.3 Å². The van der Waals surface area contributed by atoms with Crippen LogP contribution in [-0.4, -0.2) is 54.3 Å². The Morgan fingerprint density at radius 1 is 0.886 bits per heavy atom. The smallest absolute Gasteiger partial charge is 0.150 e. The molecule has 2 saturated heterocycles. The first-order valence-corrected chi connectivity index (χ1v) is 13.9. The van der Waals surface area contributed by atoms with Gasteiger partial charge in [0, 0.05) is 31.6 Å².